The molecule has 3 aromatic rings. The maximum Gasteiger partial charge on any atom is 0.258 e. The lowest BCUT2D eigenvalue weighted by Crippen LogP contribution is -2.31. The van der Waals surface area contributed by atoms with Crippen molar-refractivity contribution < 1.29 is 28.8 Å². The predicted octanol–water partition coefficient (Wildman–Crippen LogP) is 5.04. The van der Waals surface area contributed by atoms with E-state index >= 15 is 0 Å². The molecule has 5 N–H and O–H groups in total. The molecule has 1 aliphatic heterocycles. The molecule has 4 rings (SSSR count). The van der Waals surface area contributed by atoms with Crippen molar-refractivity contribution in [2.24, 2.45) is 10.2 Å². The van der Waals surface area contributed by atoms with Crippen LogP contribution in [0.3, 0.4) is 0 Å². The summed E-state index contributed by atoms with van der Waals surface area (Å²) in [7, 11) is 8.08. The van der Waals surface area contributed by atoms with Gasteiger partial charge < -0.3 is 36.4 Å². The van der Waals surface area contributed by atoms with E-state index in [4.69, 9.17) is 0 Å². The van der Waals surface area contributed by atoms with Crippen molar-refractivity contribution in [3.63, 3.8) is 0 Å². The number of azo groups is 1. The van der Waals surface area contributed by atoms with E-state index in [2.05, 4.69) is 46.6 Å². The summed E-state index contributed by atoms with van der Waals surface area (Å²) in [6, 6.07) is 14.2. The molecule has 298 valence electrons. The van der Waals surface area contributed by atoms with Crippen LogP contribution in [-0.4, -0.2) is 106 Å². The molecular formula is C41H53N9O6. The Hall–Kier alpha value is -5.80. The zero-order valence-electron chi connectivity index (χ0n) is 32.9. The predicted molar refractivity (Wildman–Crippen MR) is 217 cm³/mol. The second-order valence-electron chi connectivity index (χ2n) is 14.4. The Morgan fingerprint density at radius 3 is 1.82 bits per heavy atom. The van der Waals surface area contributed by atoms with Gasteiger partial charge in [0, 0.05) is 46.8 Å². The van der Waals surface area contributed by atoms with Gasteiger partial charge in [-0.25, -0.2) is 0 Å². The van der Waals surface area contributed by atoms with Crippen molar-refractivity contribution in [3.05, 3.63) is 82.9 Å². The number of nitrogens with zero attached hydrogens (tertiary/aromatic N) is 4. The largest absolute Gasteiger partial charge is 0.352 e. The van der Waals surface area contributed by atoms with Crippen molar-refractivity contribution in [1.29, 1.82) is 0 Å². The minimum atomic E-state index is -1.43. The summed E-state index contributed by atoms with van der Waals surface area (Å²) in [4.78, 5) is 80.9. The van der Waals surface area contributed by atoms with Gasteiger partial charge in [-0.05, 0) is 134 Å². The van der Waals surface area contributed by atoms with Crippen LogP contribution in [0, 0.1) is 0 Å². The number of hydrogen-bond acceptors (Lipinski definition) is 10. The molecule has 5 amide bonds. The van der Waals surface area contributed by atoms with Crippen LogP contribution in [0.1, 0.15) is 82.1 Å². The maximum absolute atomic E-state index is 13.3. The van der Waals surface area contributed by atoms with Crippen LogP contribution in [0.4, 0.5) is 22.7 Å². The molecule has 0 spiro atoms. The number of Topliss-reactive ketones (excluding diaryl/α,β-unsaturated/α-hetero) is 1. The summed E-state index contributed by atoms with van der Waals surface area (Å²) in [5.41, 5.74) is 3.11. The molecular weight excluding hydrogens is 715 g/mol. The Kier molecular flexibility index (Phi) is 16.4. The SMILES string of the molecule is CC(=O)C(N=Nc1ccc(C(=O)Nc2cc(C(=O)NCCCCCN(C)C)cc(C(=O)NCCCCCN(C)C)c2)cc1)C(=O)Nc1ccc2c(c1)NC(=O)C2. The number of fused-ring (bicyclic) bond motifs is 1. The number of benzene rings is 3. The fraction of sp³-hybridized carbons (Fsp3) is 0.415. The third-order valence-electron chi connectivity index (χ3n) is 8.90. The number of amides is 5. The quantitative estimate of drug-likeness (QED) is 0.0566. The highest BCUT2D eigenvalue weighted by Crippen LogP contribution is 2.27. The van der Waals surface area contributed by atoms with E-state index in [-0.39, 0.29) is 46.5 Å². The molecule has 1 aliphatic rings. The number of rotatable bonds is 21. The van der Waals surface area contributed by atoms with E-state index in [1.807, 2.05) is 28.2 Å². The van der Waals surface area contributed by atoms with Crippen LogP contribution in [0.5, 0.6) is 0 Å². The summed E-state index contributed by atoms with van der Waals surface area (Å²) in [6.45, 7) is 4.13. The van der Waals surface area contributed by atoms with Gasteiger partial charge >= 0.3 is 0 Å². The Morgan fingerprint density at radius 2 is 1.27 bits per heavy atom. The number of carbonyl (C=O) groups excluding carboxylic acids is 6. The Labute approximate surface area is 328 Å². The third kappa shape index (κ3) is 13.8. The smallest absolute Gasteiger partial charge is 0.258 e. The highest BCUT2D eigenvalue weighted by molar-refractivity contribution is 6.11. The van der Waals surface area contributed by atoms with Crippen molar-refractivity contribution in [2.75, 3.05) is 70.3 Å². The number of hydrogen-bond donors (Lipinski definition) is 5. The molecule has 15 nitrogen and oxygen atoms in total. The lowest BCUT2D eigenvalue weighted by atomic mass is 10.1. The van der Waals surface area contributed by atoms with E-state index in [0.29, 0.717) is 30.2 Å². The first-order valence-corrected chi connectivity index (χ1v) is 18.9. The topological polar surface area (TPSA) is 194 Å². The molecule has 0 saturated heterocycles. The molecule has 15 heteroatoms. The molecule has 1 unspecified atom stereocenters. The standard InChI is InChI=1S/C41H53N9O6/c1-27(51)37(41(56)44-33-17-14-29-25-36(52)46-35(29)26-33)48-47-32-15-12-28(13-16-32)40(55)45-34-23-30(38(53)42-18-8-6-10-20-49(2)3)22-31(24-34)39(54)43-19-9-7-11-21-50(4)5/h12-17,22-24,26,37H,6-11,18-21,25H2,1-5H3,(H,42,53)(H,43,54)(H,44,56)(H,45,55)(H,46,52). The Balaban J connectivity index is 1.40. The number of ketones is 1. The first-order chi connectivity index (χ1) is 26.8. The lowest BCUT2D eigenvalue weighted by molar-refractivity contribution is -0.126. The molecule has 0 saturated carbocycles. The monoisotopic (exact) mass is 767 g/mol. The van der Waals surface area contributed by atoms with Crippen LogP contribution in [-0.2, 0) is 20.8 Å². The molecule has 56 heavy (non-hydrogen) atoms. The number of anilines is 3. The summed E-state index contributed by atoms with van der Waals surface area (Å²) < 4.78 is 0. The molecule has 0 fully saturated rings. The Bertz CT molecular complexity index is 1860. The second kappa shape index (κ2) is 21.3. The summed E-state index contributed by atoms with van der Waals surface area (Å²) >= 11 is 0. The van der Waals surface area contributed by atoms with E-state index in [9.17, 15) is 28.8 Å². The zero-order chi connectivity index (χ0) is 40.6. The average Bonchev–Trinajstić information content (AvgIpc) is 3.53. The molecule has 3 aromatic carbocycles. The maximum atomic E-state index is 13.3. The first kappa shape index (κ1) is 42.9. The molecule has 0 aliphatic carbocycles. The zero-order valence-corrected chi connectivity index (χ0v) is 32.9. The van der Waals surface area contributed by atoms with Crippen molar-refractivity contribution in [1.82, 2.24) is 20.4 Å². The number of carbonyl (C=O) groups is 6. The van der Waals surface area contributed by atoms with Gasteiger partial charge in [0.1, 0.15) is 0 Å². The fourth-order valence-electron chi connectivity index (χ4n) is 5.86. The highest BCUT2D eigenvalue weighted by atomic mass is 16.2. The highest BCUT2D eigenvalue weighted by Gasteiger charge is 2.25. The van der Waals surface area contributed by atoms with Crippen LogP contribution < -0.4 is 26.6 Å². The third-order valence-corrected chi connectivity index (χ3v) is 8.90. The van der Waals surface area contributed by atoms with Gasteiger partial charge in [-0.3, -0.25) is 28.8 Å². The minimum Gasteiger partial charge on any atom is -0.352 e. The first-order valence-electron chi connectivity index (χ1n) is 18.9. The summed E-state index contributed by atoms with van der Waals surface area (Å²) in [5.74, 6) is -2.55. The molecule has 0 radical (unpaired) electrons. The molecule has 0 aromatic heterocycles. The van der Waals surface area contributed by atoms with Gasteiger partial charge in [0.2, 0.25) is 11.9 Å². The molecule has 1 atom stereocenters. The van der Waals surface area contributed by atoms with E-state index < -0.39 is 23.6 Å². The van der Waals surface area contributed by atoms with Gasteiger partial charge in [-0.2, -0.15) is 10.2 Å². The van der Waals surface area contributed by atoms with E-state index in [1.54, 1.807) is 18.2 Å². The van der Waals surface area contributed by atoms with Gasteiger partial charge in [0.25, 0.3) is 23.6 Å². The minimum absolute atomic E-state index is 0.139. The summed E-state index contributed by atoms with van der Waals surface area (Å²) in [5, 5.41) is 22.0. The van der Waals surface area contributed by atoms with Crippen LogP contribution in [0.25, 0.3) is 0 Å². The van der Waals surface area contributed by atoms with Crippen molar-refractivity contribution in [3.8, 4) is 0 Å². The lowest BCUT2D eigenvalue weighted by Gasteiger charge is -2.13. The van der Waals surface area contributed by atoms with Crippen LogP contribution in [0.2, 0.25) is 0 Å². The Morgan fingerprint density at radius 1 is 0.679 bits per heavy atom. The van der Waals surface area contributed by atoms with E-state index in [0.717, 1.165) is 57.2 Å². The number of nitrogens with one attached hydrogen (secondary N) is 5. The van der Waals surface area contributed by atoms with Gasteiger partial charge in [-0.1, -0.05) is 18.9 Å². The second-order valence-corrected chi connectivity index (χ2v) is 14.4. The van der Waals surface area contributed by atoms with Crippen LogP contribution in [0.15, 0.2) is 70.9 Å². The molecule has 0 bridgehead atoms. The number of unbranched alkanes of at least 4 members (excludes halogenated alkanes) is 4. The van der Waals surface area contributed by atoms with Crippen molar-refractivity contribution >= 4 is 58.1 Å². The van der Waals surface area contributed by atoms with Gasteiger partial charge in [-0.15, -0.1) is 0 Å². The normalized spacial score (nSPS) is 12.7. The average molecular weight is 768 g/mol. The van der Waals surface area contributed by atoms with Crippen molar-refractivity contribution in [2.45, 2.75) is 57.9 Å². The van der Waals surface area contributed by atoms with Gasteiger partial charge in [0.05, 0.1) is 12.1 Å². The van der Waals surface area contributed by atoms with E-state index in [1.165, 1.54) is 49.4 Å². The fourth-order valence-corrected chi connectivity index (χ4v) is 5.86. The summed E-state index contributed by atoms with van der Waals surface area (Å²) in [6.07, 6.45) is 5.84. The van der Waals surface area contributed by atoms with Crippen LogP contribution >= 0.6 is 0 Å². The molecule has 1 heterocycles. The van der Waals surface area contributed by atoms with Gasteiger partial charge in [0.15, 0.2) is 5.78 Å².